The van der Waals surface area contributed by atoms with Crippen LogP contribution in [0.3, 0.4) is 0 Å². The number of H-pyrrole nitrogens is 1. The van der Waals surface area contributed by atoms with E-state index in [0.29, 0.717) is 17.9 Å². The standard InChI is InChI=1S/C30H29N7O2/c31-16-22-6-13-27(32-18-22)36-25-9-11-26(12-10-25)37(30(39)35-17-21-4-2-1-3-5-21)28-14-7-23(19-33-28)24-8-15-29(38)34-20-24/h1-8,13-15,18-20,25-26H,9-12,17H2,(H,32,36)(H,34,38)(H,35,39)/t25-,26-. The van der Waals surface area contributed by atoms with Gasteiger partial charge in [0.2, 0.25) is 5.56 Å². The van der Waals surface area contributed by atoms with Crippen molar-refractivity contribution in [1.82, 2.24) is 20.3 Å². The van der Waals surface area contributed by atoms with Crippen molar-refractivity contribution < 1.29 is 4.79 Å². The molecule has 0 unspecified atom stereocenters. The van der Waals surface area contributed by atoms with Gasteiger partial charge in [-0.15, -0.1) is 0 Å². The summed E-state index contributed by atoms with van der Waals surface area (Å²) >= 11 is 0. The molecule has 4 aromatic rings. The van der Waals surface area contributed by atoms with Crippen LogP contribution < -0.4 is 21.1 Å². The molecule has 0 bridgehead atoms. The van der Waals surface area contributed by atoms with E-state index in [0.717, 1.165) is 48.2 Å². The molecule has 9 heteroatoms. The van der Waals surface area contributed by atoms with Gasteiger partial charge >= 0.3 is 6.03 Å². The molecule has 0 atom stereocenters. The van der Waals surface area contributed by atoms with Crippen LogP contribution in [0.15, 0.2) is 90.1 Å². The summed E-state index contributed by atoms with van der Waals surface area (Å²) in [4.78, 5) is 38.4. The van der Waals surface area contributed by atoms with Crippen LogP contribution in [-0.2, 0) is 6.54 Å². The summed E-state index contributed by atoms with van der Waals surface area (Å²) in [7, 11) is 0. The first-order valence-corrected chi connectivity index (χ1v) is 13.0. The van der Waals surface area contributed by atoms with Crippen LogP contribution in [0, 0.1) is 11.3 Å². The Kier molecular flexibility index (Phi) is 7.93. The minimum atomic E-state index is -0.187. The lowest BCUT2D eigenvalue weighted by atomic mass is 9.90. The third kappa shape index (κ3) is 6.48. The zero-order chi connectivity index (χ0) is 27.0. The van der Waals surface area contributed by atoms with Gasteiger partial charge in [0.05, 0.1) is 5.56 Å². The minimum Gasteiger partial charge on any atom is -0.367 e. The second-order valence-corrected chi connectivity index (χ2v) is 9.55. The number of amides is 2. The van der Waals surface area contributed by atoms with Crippen LogP contribution >= 0.6 is 0 Å². The summed E-state index contributed by atoms with van der Waals surface area (Å²) < 4.78 is 0. The number of hydrogen-bond acceptors (Lipinski definition) is 6. The third-order valence-corrected chi connectivity index (χ3v) is 6.92. The monoisotopic (exact) mass is 519 g/mol. The molecular formula is C30H29N7O2. The minimum absolute atomic E-state index is 0.0147. The van der Waals surface area contributed by atoms with E-state index in [2.05, 4.69) is 31.7 Å². The summed E-state index contributed by atoms with van der Waals surface area (Å²) in [6.07, 6.45) is 8.28. The number of carbonyl (C=O) groups is 1. The van der Waals surface area contributed by atoms with Gasteiger partial charge in [-0.05, 0) is 67.1 Å². The molecule has 0 radical (unpaired) electrons. The molecule has 1 aromatic carbocycles. The van der Waals surface area contributed by atoms with Gasteiger partial charge in [-0.2, -0.15) is 5.26 Å². The SMILES string of the molecule is N#Cc1ccc(N[C@H]2CC[C@H](N(C(=O)NCc3ccccc3)c3ccc(-c4ccc(=O)[nH]c4)cn3)CC2)nc1. The molecule has 1 saturated carbocycles. The van der Waals surface area contributed by atoms with Crippen LogP contribution in [0.5, 0.6) is 0 Å². The van der Waals surface area contributed by atoms with Crippen LogP contribution in [-0.4, -0.2) is 33.1 Å². The summed E-state index contributed by atoms with van der Waals surface area (Å²) in [5.41, 5.74) is 3.08. The summed E-state index contributed by atoms with van der Waals surface area (Å²) in [6.45, 7) is 0.424. The Morgan fingerprint density at radius 3 is 2.38 bits per heavy atom. The van der Waals surface area contributed by atoms with Crippen molar-refractivity contribution >= 4 is 17.7 Å². The number of anilines is 2. The molecule has 1 aliphatic rings. The van der Waals surface area contributed by atoms with Crippen molar-refractivity contribution in [3.63, 3.8) is 0 Å². The molecule has 1 aliphatic carbocycles. The van der Waals surface area contributed by atoms with Gasteiger partial charge in [-0.3, -0.25) is 9.69 Å². The van der Waals surface area contributed by atoms with E-state index in [4.69, 9.17) is 5.26 Å². The average Bonchev–Trinajstić information content (AvgIpc) is 2.99. The number of carbonyl (C=O) groups excluding carboxylic acids is 1. The van der Waals surface area contributed by atoms with Gasteiger partial charge in [0.1, 0.15) is 17.7 Å². The Bertz CT molecular complexity index is 1470. The number of aromatic amines is 1. The second-order valence-electron chi connectivity index (χ2n) is 9.55. The van der Waals surface area contributed by atoms with E-state index in [9.17, 15) is 9.59 Å². The molecule has 0 spiro atoms. The van der Waals surface area contributed by atoms with Gasteiger partial charge in [-0.1, -0.05) is 30.3 Å². The fourth-order valence-electron chi connectivity index (χ4n) is 4.84. The van der Waals surface area contributed by atoms with E-state index in [1.54, 1.807) is 35.6 Å². The first kappa shape index (κ1) is 25.7. The summed E-state index contributed by atoms with van der Waals surface area (Å²) in [6, 6.07) is 22.5. The van der Waals surface area contributed by atoms with Gasteiger partial charge in [-0.25, -0.2) is 14.8 Å². The highest BCUT2D eigenvalue weighted by atomic mass is 16.2. The maximum Gasteiger partial charge on any atom is 0.323 e. The van der Waals surface area contributed by atoms with E-state index < -0.39 is 0 Å². The number of urea groups is 1. The molecule has 0 saturated heterocycles. The Labute approximate surface area is 226 Å². The Morgan fingerprint density at radius 2 is 1.74 bits per heavy atom. The van der Waals surface area contributed by atoms with E-state index >= 15 is 0 Å². The van der Waals surface area contributed by atoms with Crippen LogP contribution in [0.2, 0.25) is 0 Å². The average molecular weight is 520 g/mol. The zero-order valence-electron chi connectivity index (χ0n) is 21.4. The Balaban J connectivity index is 1.30. The van der Waals surface area contributed by atoms with E-state index in [1.807, 2.05) is 48.5 Å². The second kappa shape index (κ2) is 12.0. The number of rotatable bonds is 7. The van der Waals surface area contributed by atoms with Crippen molar-refractivity contribution in [2.75, 3.05) is 10.2 Å². The van der Waals surface area contributed by atoms with Gasteiger partial charge in [0.25, 0.3) is 0 Å². The van der Waals surface area contributed by atoms with Crippen LogP contribution in [0.25, 0.3) is 11.1 Å². The molecule has 3 N–H and O–H groups in total. The number of hydrogen-bond donors (Lipinski definition) is 3. The third-order valence-electron chi connectivity index (χ3n) is 6.92. The zero-order valence-corrected chi connectivity index (χ0v) is 21.4. The maximum absolute atomic E-state index is 13.5. The quantitative estimate of drug-likeness (QED) is 0.321. The number of aromatic nitrogens is 3. The summed E-state index contributed by atoms with van der Waals surface area (Å²) in [5.74, 6) is 1.33. The van der Waals surface area contributed by atoms with Crippen molar-refractivity contribution in [2.24, 2.45) is 0 Å². The fourth-order valence-corrected chi connectivity index (χ4v) is 4.84. The van der Waals surface area contributed by atoms with Crippen LogP contribution in [0.4, 0.5) is 16.4 Å². The smallest absolute Gasteiger partial charge is 0.323 e. The first-order valence-electron chi connectivity index (χ1n) is 13.0. The highest BCUT2D eigenvalue weighted by Crippen LogP contribution is 2.29. The Morgan fingerprint density at radius 1 is 0.949 bits per heavy atom. The largest absolute Gasteiger partial charge is 0.367 e. The number of nitrogens with one attached hydrogen (secondary N) is 3. The molecule has 9 nitrogen and oxygen atoms in total. The maximum atomic E-state index is 13.5. The van der Waals surface area contributed by atoms with Gasteiger partial charge in [0, 0.05) is 48.8 Å². The molecule has 3 heterocycles. The van der Waals surface area contributed by atoms with Gasteiger partial charge in [0.15, 0.2) is 0 Å². The number of pyridine rings is 3. The summed E-state index contributed by atoms with van der Waals surface area (Å²) in [5, 5.41) is 15.5. The molecule has 196 valence electrons. The first-order chi connectivity index (χ1) is 19.1. The van der Waals surface area contributed by atoms with Gasteiger partial charge < -0.3 is 15.6 Å². The topological polar surface area (TPSA) is 127 Å². The van der Waals surface area contributed by atoms with Crippen LogP contribution in [0.1, 0.15) is 36.8 Å². The van der Waals surface area contributed by atoms with Crippen molar-refractivity contribution in [3.8, 4) is 17.2 Å². The molecule has 2 amide bonds. The number of nitrogens with zero attached hydrogens (tertiary/aromatic N) is 4. The van der Waals surface area contributed by atoms with Crippen molar-refractivity contribution in [3.05, 3.63) is 107 Å². The predicted octanol–water partition coefficient (Wildman–Crippen LogP) is 4.84. The molecule has 3 aromatic heterocycles. The van der Waals surface area contributed by atoms with Crippen molar-refractivity contribution in [1.29, 1.82) is 5.26 Å². The lowest BCUT2D eigenvalue weighted by molar-refractivity contribution is 0.240. The molecule has 0 aliphatic heterocycles. The highest BCUT2D eigenvalue weighted by molar-refractivity contribution is 5.91. The molecule has 39 heavy (non-hydrogen) atoms. The normalized spacial score (nSPS) is 16.6. The molecular weight excluding hydrogens is 490 g/mol. The lowest BCUT2D eigenvalue weighted by Crippen LogP contribution is -2.49. The predicted molar refractivity (Wildman–Crippen MR) is 150 cm³/mol. The van der Waals surface area contributed by atoms with Crippen molar-refractivity contribution in [2.45, 2.75) is 44.3 Å². The van der Waals surface area contributed by atoms with E-state index in [1.165, 1.54) is 6.07 Å². The highest BCUT2D eigenvalue weighted by Gasteiger charge is 2.31. The number of nitriles is 1. The van der Waals surface area contributed by atoms with E-state index in [-0.39, 0.29) is 23.7 Å². The lowest BCUT2D eigenvalue weighted by Gasteiger charge is -2.36. The molecule has 1 fully saturated rings. The fraction of sp³-hybridized carbons (Fsp3) is 0.233. The number of benzene rings is 1. The Hall–Kier alpha value is -4.97. The molecule has 5 rings (SSSR count).